The highest BCUT2D eigenvalue weighted by Gasteiger charge is 2.33. The lowest BCUT2D eigenvalue weighted by molar-refractivity contribution is 0.693. The van der Waals surface area contributed by atoms with Crippen LogP contribution < -0.4 is 0 Å². The van der Waals surface area contributed by atoms with E-state index in [2.05, 4.69) is 28.1 Å². The maximum Gasteiger partial charge on any atom is 0.0214 e. The molecular formula is C7H9Br. The highest BCUT2D eigenvalue weighted by Crippen LogP contribution is 2.42. The van der Waals surface area contributed by atoms with Crippen LogP contribution in [0.25, 0.3) is 0 Å². The Morgan fingerprint density at radius 1 is 1.25 bits per heavy atom. The first-order chi connectivity index (χ1) is 3.86. The standard InChI is InChI=1S/C7H9Br/c8-7-4-5-1-2-6(7)3-5/h1-2,5-7H,3-4H2/t5-,6-,7-/m0/s1. The number of fused-ring (bicyclic) bond motifs is 2. The Hall–Kier alpha value is 0.220. The predicted octanol–water partition coefficient (Wildman–Crippen LogP) is 2.35. The number of halogens is 1. The summed E-state index contributed by atoms with van der Waals surface area (Å²) in [6.07, 6.45) is 7.51. The van der Waals surface area contributed by atoms with E-state index in [9.17, 15) is 0 Å². The summed E-state index contributed by atoms with van der Waals surface area (Å²) in [4.78, 5) is 0.803. The molecule has 3 atom stereocenters. The molecule has 0 aromatic rings. The van der Waals surface area contributed by atoms with Crippen molar-refractivity contribution in [3.63, 3.8) is 0 Å². The van der Waals surface area contributed by atoms with Crippen molar-refractivity contribution in [1.82, 2.24) is 0 Å². The van der Waals surface area contributed by atoms with Gasteiger partial charge in [-0.3, -0.25) is 0 Å². The molecule has 0 N–H and O–H groups in total. The molecule has 1 fully saturated rings. The van der Waals surface area contributed by atoms with E-state index < -0.39 is 0 Å². The summed E-state index contributed by atoms with van der Waals surface area (Å²) in [5.41, 5.74) is 0. The number of allylic oxidation sites excluding steroid dienone is 2. The summed E-state index contributed by atoms with van der Waals surface area (Å²) >= 11 is 3.64. The normalized spacial score (nSPS) is 50.9. The molecule has 0 aliphatic heterocycles. The number of rotatable bonds is 0. The fourth-order valence-electron chi connectivity index (χ4n) is 1.71. The Balaban J connectivity index is 2.23. The Bertz CT molecular complexity index is 128. The molecule has 0 heterocycles. The molecule has 8 heavy (non-hydrogen) atoms. The molecule has 0 unspecified atom stereocenters. The molecule has 2 aliphatic carbocycles. The summed E-state index contributed by atoms with van der Waals surface area (Å²) < 4.78 is 0. The highest BCUT2D eigenvalue weighted by molar-refractivity contribution is 9.09. The molecule has 1 heteroatoms. The summed E-state index contributed by atoms with van der Waals surface area (Å²) in [6, 6.07) is 0. The van der Waals surface area contributed by atoms with Crippen molar-refractivity contribution in [2.24, 2.45) is 11.8 Å². The van der Waals surface area contributed by atoms with E-state index in [1.807, 2.05) is 0 Å². The Morgan fingerprint density at radius 3 is 2.38 bits per heavy atom. The third-order valence-electron chi connectivity index (χ3n) is 2.20. The average Bonchev–Trinajstić information content (AvgIpc) is 2.23. The van der Waals surface area contributed by atoms with Crippen molar-refractivity contribution in [2.75, 3.05) is 0 Å². The monoisotopic (exact) mass is 172 g/mol. The van der Waals surface area contributed by atoms with E-state index in [1.165, 1.54) is 12.8 Å². The molecule has 0 radical (unpaired) electrons. The van der Waals surface area contributed by atoms with E-state index >= 15 is 0 Å². The first-order valence-corrected chi connectivity index (χ1v) is 4.10. The Morgan fingerprint density at radius 2 is 2.12 bits per heavy atom. The zero-order chi connectivity index (χ0) is 5.56. The molecule has 0 amide bonds. The summed E-state index contributed by atoms with van der Waals surface area (Å²) in [6.45, 7) is 0. The van der Waals surface area contributed by atoms with Gasteiger partial charge in [0, 0.05) is 4.83 Å². The largest absolute Gasteiger partial charge is 0.0884 e. The smallest absolute Gasteiger partial charge is 0.0214 e. The molecule has 0 saturated heterocycles. The topological polar surface area (TPSA) is 0 Å². The fourth-order valence-corrected chi connectivity index (χ4v) is 2.59. The van der Waals surface area contributed by atoms with Crippen LogP contribution in [0.1, 0.15) is 12.8 Å². The molecule has 2 aliphatic rings. The maximum atomic E-state index is 3.64. The molecule has 0 nitrogen and oxygen atoms in total. The van der Waals surface area contributed by atoms with Crippen molar-refractivity contribution in [3.05, 3.63) is 12.2 Å². The van der Waals surface area contributed by atoms with Crippen molar-refractivity contribution >= 4 is 15.9 Å². The van der Waals surface area contributed by atoms with Gasteiger partial charge in [-0.25, -0.2) is 0 Å². The lowest BCUT2D eigenvalue weighted by Gasteiger charge is -2.07. The van der Waals surface area contributed by atoms with Crippen LogP contribution in [-0.4, -0.2) is 4.83 Å². The minimum absolute atomic E-state index is 0.803. The minimum Gasteiger partial charge on any atom is -0.0884 e. The predicted molar refractivity (Wildman–Crippen MR) is 38.1 cm³/mol. The number of alkyl halides is 1. The van der Waals surface area contributed by atoms with Gasteiger partial charge in [-0.2, -0.15) is 0 Å². The zero-order valence-electron chi connectivity index (χ0n) is 4.68. The van der Waals surface area contributed by atoms with Gasteiger partial charge >= 0.3 is 0 Å². The first kappa shape index (κ1) is 5.04. The molecule has 0 aromatic heterocycles. The summed E-state index contributed by atoms with van der Waals surface area (Å²) in [7, 11) is 0. The van der Waals surface area contributed by atoms with Crippen molar-refractivity contribution in [1.29, 1.82) is 0 Å². The Labute approximate surface area is 58.1 Å². The second-order valence-electron chi connectivity index (χ2n) is 2.80. The van der Waals surface area contributed by atoms with Gasteiger partial charge in [-0.1, -0.05) is 28.1 Å². The lowest BCUT2D eigenvalue weighted by atomic mass is 10.1. The maximum absolute atomic E-state index is 3.64. The highest BCUT2D eigenvalue weighted by atomic mass is 79.9. The molecular weight excluding hydrogens is 164 g/mol. The van der Waals surface area contributed by atoms with Crippen LogP contribution in [0, 0.1) is 11.8 Å². The van der Waals surface area contributed by atoms with Crippen LogP contribution in [0.2, 0.25) is 0 Å². The van der Waals surface area contributed by atoms with Gasteiger partial charge in [-0.15, -0.1) is 0 Å². The number of hydrogen-bond acceptors (Lipinski definition) is 0. The van der Waals surface area contributed by atoms with Crippen LogP contribution >= 0.6 is 15.9 Å². The molecule has 2 rings (SSSR count). The summed E-state index contributed by atoms with van der Waals surface area (Å²) in [5, 5.41) is 0. The lowest BCUT2D eigenvalue weighted by Crippen LogP contribution is -2.03. The number of hydrogen-bond donors (Lipinski definition) is 0. The third-order valence-corrected chi connectivity index (χ3v) is 3.25. The molecule has 0 spiro atoms. The van der Waals surface area contributed by atoms with Crippen molar-refractivity contribution in [3.8, 4) is 0 Å². The molecule has 0 aromatic carbocycles. The van der Waals surface area contributed by atoms with E-state index in [1.54, 1.807) is 0 Å². The van der Waals surface area contributed by atoms with Gasteiger partial charge in [0.25, 0.3) is 0 Å². The fraction of sp³-hybridized carbons (Fsp3) is 0.714. The second kappa shape index (κ2) is 1.60. The van der Waals surface area contributed by atoms with E-state index in [0.717, 1.165) is 16.7 Å². The van der Waals surface area contributed by atoms with Crippen LogP contribution in [0.3, 0.4) is 0 Å². The van der Waals surface area contributed by atoms with Gasteiger partial charge in [0.15, 0.2) is 0 Å². The van der Waals surface area contributed by atoms with Gasteiger partial charge < -0.3 is 0 Å². The average molecular weight is 173 g/mol. The van der Waals surface area contributed by atoms with Gasteiger partial charge in [0.1, 0.15) is 0 Å². The van der Waals surface area contributed by atoms with E-state index in [-0.39, 0.29) is 0 Å². The van der Waals surface area contributed by atoms with Crippen LogP contribution in [0.4, 0.5) is 0 Å². The molecule has 1 saturated carbocycles. The Kier molecular flexibility index (Phi) is 1.01. The SMILES string of the molecule is Br[C@H]1C[C@H]2C=C[C@H]1C2. The molecule has 2 bridgehead atoms. The molecule has 44 valence electrons. The van der Waals surface area contributed by atoms with Crippen molar-refractivity contribution in [2.45, 2.75) is 17.7 Å². The minimum atomic E-state index is 0.803. The van der Waals surface area contributed by atoms with Crippen LogP contribution in [0.5, 0.6) is 0 Å². The second-order valence-corrected chi connectivity index (χ2v) is 3.97. The van der Waals surface area contributed by atoms with Gasteiger partial charge in [0.05, 0.1) is 0 Å². The quantitative estimate of drug-likeness (QED) is 0.389. The first-order valence-electron chi connectivity index (χ1n) is 3.18. The third kappa shape index (κ3) is 0.572. The van der Waals surface area contributed by atoms with Crippen molar-refractivity contribution < 1.29 is 0 Å². The van der Waals surface area contributed by atoms with Gasteiger partial charge in [0.2, 0.25) is 0 Å². The van der Waals surface area contributed by atoms with E-state index in [0.29, 0.717) is 0 Å². The van der Waals surface area contributed by atoms with Crippen LogP contribution in [-0.2, 0) is 0 Å². The van der Waals surface area contributed by atoms with E-state index in [4.69, 9.17) is 0 Å². The summed E-state index contributed by atoms with van der Waals surface area (Å²) in [5.74, 6) is 1.80. The van der Waals surface area contributed by atoms with Crippen LogP contribution in [0.15, 0.2) is 12.2 Å². The zero-order valence-corrected chi connectivity index (χ0v) is 6.26. The van der Waals surface area contributed by atoms with Gasteiger partial charge in [-0.05, 0) is 24.7 Å².